The molecule has 1 aromatic rings. The SMILES string of the molecule is C=C[C@@H](N)c1cc2c(cc1[N+](=O)[O-])OCO2.Cl. The third-order valence-corrected chi connectivity index (χ3v) is 2.33. The average molecular weight is 259 g/mol. The summed E-state index contributed by atoms with van der Waals surface area (Å²) >= 11 is 0. The van der Waals surface area contributed by atoms with Crippen LogP contribution in [-0.4, -0.2) is 11.7 Å². The second-order valence-electron chi connectivity index (χ2n) is 3.28. The second kappa shape index (κ2) is 5.03. The van der Waals surface area contributed by atoms with E-state index in [0.29, 0.717) is 17.1 Å². The fraction of sp³-hybridized carbons (Fsp3) is 0.200. The third-order valence-electron chi connectivity index (χ3n) is 2.33. The lowest BCUT2D eigenvalue weighted by Gasteiger charge is -2.08. The molecular formula is C10H11ClN2O4. The van der Waals surface area contributed by atoms with Crippen molar-refractivity contribution in [3.05, 3.63) is 40.5 Å². The fourth-order valence-electron chi connectivity index (χ4n) is 1.50. The quantitative estimate of drug-likeness (QED) is 0.508. The van der Waals surface area contributed by atoms with Gasteiger partial charge in [0.15, 0.2) is 11.5 Å². The summed E-state index contributed by atoms with van der Waals surface area (Å²) in [6, 6.07) is 2.24. The Hall–Kier alpha value is -1.79. The van der Waals surface area contributed by atoms with Gasteiger partial charge in [-0.2, -0.15) is 0 Å². The van der Waals surface area contributed by atoms with Crippen molar-refractivity contribution in [2.45, 2.75) is 6.04 Å². The number of rotatable bonds is 3. The number of nitrogens with two attached hydrogens (primary N) is 1. The predicted molar refractivity (Wildman–Crippen MR) is 63.6 cm³/mol. The number of benzene rings is 1. The minimum absolute atomic E-state index is 0. The summed E-state index contributed by atoms with van der Waals surface area (Å²) in [5.41, 5.74) is 5.99. The van der Waals surface area contributed by atoms with Gasteiger partial charge in [-0.1, -0.05) is 6.08 Å². The molecule has 0 unspecified atom stereocenters. The summed E-state index contributed by atoms with van der Waals surface area (Å²) in [6.45, 7) is 3.58. The van der Waals surface area contributed by atoms with E-state index in [9.17, 15) is 10.1 Å². The Morgan fingerprint density at radius 1 is 1.47 bits per heavy atom. The lowest BCUT2D eigenvalue weighted by atomic mass is 10.0. The summed E-state index contributed by atoms with van der Waals surface area (Å²) in [7, 11) is 0. The molecule has 7 heteroatoms. The maximum Gasteiger partial charge on any atom is 0.278 e. The first kappa shape index (κ1) is 13.3. The Bertz CT molecular complexity index is 464. The van der Waals surface area contributed by atoms with Gasteiger partial charge in [-0.05, 0) is 6.07 Å². The van der Waals surface area contributed by atoms with Crippen LogP contribution in [0.2, 0.25) is 0 Å². The molecule has 0 saturated carbocycles. The Labute approximate surface area is 104 Å². The number of hydrogen-bond donors (Lipinski definition) is 1. The molecule has 0 aromatic heterocycles. The number of nitrogens with zero attached hydrogens (tertiary/aromatic N) is 1. The predicted octanol–water partition coefficient (Wildman–Crippen LogP) is 1.93. The van der Waals surface area contributed by atoms with E-state index in [-0.39, 0.29) is 24.9 Å². The van der Waals surface area contributed by atoms with Gasteiger partial charge in [0.2, 0.25) is 6.79 Å². The molecule has 0 bridgehead atoms. The van der Waals surface area contributed by atoms with Crippen LogP contribution in [0.1, 0.15) is 11.6 Å². The van der Waals surface area contributed by atoms with E-state index in [1.54, 1.807) is 0 Å². The van der Waals surface area contributed by atoms with E-state index in [0.717, 1.165) is 0 Å². The molecule has 1 aliphatic rings. The Morgan fingerprint density at radius 3 is 2.59 bits per heavy atom. The summed E-state index contributed by atoms with van der Waals surface area (Å²) in [6.07, 6.45) is 1.44. The molecule has 1 aliphatic heterocycles. The zero-order chi connectivity index (χ0) is 11.7. The number of nitro benzene ring substituents is 1. The lowest BCUT2D eigenvalue weighted by Crippen LogP contribution is -2.09. The molecule has 0 fully saturated rings. The van der Waals surface area contributed by atoms with Crippen LogP contribution in [0.4, 0.5) is 5.69 Å². The minimum atomic E-state index is -0.602. The molecular weight excluding hydrogens is 248 g/mol. The highest BCUT2D eigenvalue weighted by Gasteiger charge is 2.25. The van der Waals surface area contributed by atoms with Gasteiger partial charge in [-0.3, -0.25) is 10.1 Å². The minimum Gasteiger partial charge on any atom is -0.454 e. The average Bonchev–Trinajstić information content (AvgIpc) is 2.73. The topological polar surface area (TPSA) is 87.6 Å². The van der Waals surface area contributed by atoms with Crippen molar-refractivity contribution in [1.29, 1.82) is 0 Å². The lowest BCUT2D eigenvalue weighted by molar-refractivity contribution is -0.385. The molecule has 92 valence electrons. The van der Waals surface area contributed by atoms with Crippen molar-refractivity contribution >= 4 is 18.1 Å². The Morgan fingerprint density at radius 2 is 2.06 bits per heavy atom. The number of halogens is 1. The second-order valence-corrected chi connectivity index (χ2v) is 3.28. The molecule has 0 aliphatic carbocycles. The van der Waals surface area contributed by atoms with Gasteiger partial charge in [-0.15, -0.1) is 19.0 Å². The number of nitro groups is 1. The molecule has 1 atom stereocenters. The molecule has 2 N–H and O–H groups in total. The Balaban J connectivity index is 0.00000144. The number of hydrogen-bond acceptors (Lipinski definition) is 5. The summed E-state index contributed by atoms with van der Waals surface area (Å²) in [5, 5.41) is 10.9. The van der Waals surface area contributed by atoms with Crippen molar-refractivity contribution in [3.8, 4) is 11.5 Å². The summed E-state index contributed by atoms with van der Waals surface area (Å²) in [4.78, 5) is 10.4. The van der Waals surface area contributed by atoms with Crippen LogP contribution in [0, 0.1) is 10.1 Å². The number of fused-ring (bicyclic) bond motifs is 1. The van der Waals surface area contributed by atoms with Gasteiger partial charge < -0.3 is 15.2 Å². The van der Waals surface area contributed by atoms with Gasteiger partial charge in [-0.25, -0.2) is 0 Å². The van der Waals surface area contributed by atoms with E-state index < -0.39 is 11.0 Å². The van der Waals surface area contributed by atoms with Crippen LogP contribution in [0.3, 0.4) is 0 Å². The van der Waals surface area contributed by atoms with Gasteiger partial charge in [0.25, 0.3) is 5.69 Å². The van der Waals surface area contributed by atoms with Crippen molar-refractivity contribution in [1.82, 2.24) is 0 Å². The normalized spacial score (nSPS) is 13.7. The van der Waals surface area contributed by atoms with E-state index >= 15 is 0 Å². The first-order chi connectivity index (χ1) is 7.63. The monoisotopic (exact) mass is 258 g/mol. The smallest absolute Gasteiger partial charge is 0.278 e. The molecule has 0 saturated heterocycles. The van der Waals surface area contributed by atoms with Crippen LogP contribution in [0.15, 0.2) is 24.8 Å². The molecule has 0 spiro atoms. The van der Waals surface area contributed by atoms with Crippen molar-refractivity contribution in [2.75, 3.05) is 6.79 Å². The first-order valence-corrected chi connectivity index (χ1v) is 4.59. The maximum atomic E-state index is 10.9. The fourth-order valence-corrected chi connectivity index (χ4v) is 1.50. The van der Waals surface area contributed by atoms with Crippen LogP contribution < -0.4 is 15.2 Å². The Kier molecular flexibility index (Phi) is 3.93. The molecule has 1 heterocycles. The molecule has 0 radical (unpaired) electrons. The van der Waals surface area contributed by atoms with Crippen molar-refractivity contribution < 1.29 is 14.4 Å². The molecule has 6 nitrogen and oxygen atoms in total. The van der Waals surface area contributed by atoms with Crippen LogP contribution in [0.5, 0.6) is 11.5 Å². The zero-order valence-corrected chi connectivity index (χ0v) is 9.61. The van der Waals surface area contributed by atoms with Gasteiger partial charge in [0.05, 0.1) is 22.6 Å². The van der Waals surface area contributed by atoms with Crippen molar-refractivity contribution in [3.63, 3.8) is 0 Å². The van der Waals surface area contributed by atoms with Crippen molar-refractivity contribution in [2.24, 2.45) is 5.73 Å². The van der Waals surface area contributed by atoms with E-state index in [4.69, 9.17) is 15.2 Å². The zero-order valence-electron chi connectivity index (χ0n) is 8.79. The maximum absolute atomic E-state index is 10.9. The highest BCUT2D eigenvalue weighted by molar-refractivity contribution is 5.85. The van der Waals surface area contributed by atoms with Gasteiger partial charge >= 0.3 is 0 Å². The number of ether oxygens (including phenoxy) is 2. The van der Waals surface area contributed by atoms with Gasteiger partial charge in [0.1, 0.15) is 0 Å². The molecule has 0 amide bonds. The summed E-state index contributed by atoms with van der Waals surface area (Å²) < 4.78 is 10.2. The summed E-state index contributed by atoms with van der Waals surface area (Å²) in [5.74, 6) is 0.838. The standard InChI is InChI=1S/C10H10N2O4.ClH/c1-2-7(11)6-3-9-10(16-5-15-9)4-8(6)12(13)14;/h2-4,7H,1,5,11H2;1H/t7-;/m1./s1. The van der Waals surface area contributed by atoms with E-state index in [2.05, 4.69) is 6.58 Å². The molecule has 17 heavy (non-hydrogen) atoms. The molecule has 1 aromatic carbocycles. The van der Waals surface area contributed by atoms with Crippen LogP contribution >= 0.6 is 12.4 Å². The van der Waals surface area contributed by atoms with Crippen LogP contribution in [0.25, 0.3) is 0 Å². The van der Waals surface area contributed by atoms with E-state index in [1.165, 1.54) is 18.2 Å². The largest absolute Gasteiger partial charge is 0.454 e. The molecule has 2 rings (SSSR count). The third kappa shape index (κ3) is 2.32. The highest BCUT2D eigenvalue weighted by Crippen LogP contribution is 2.39. The highest BCUT2D eigenvalue weighted by atomic mass is 35.5. The van der Waals surface area contributed by atoms with Crippen LogP contribution in [-0.2, 0) is 0 Å². The first-order valence-electron chi connectivity index (χ1n) is 4.59. The van der Waals surface area contributed by atoms with E-state index in [1.807, 2.05) is 0 Å². The van der Waals surface area contributed by atoms with Gasteiger partial charge in [0, 0.05) is 0 Å².